The van der Waals surface area contributed by atoms with Crippen LogP contribution in [0.2, 0.25) is 0 Å². The molecule has 0 fully saturated rings. The van der Waals surface area contributed by atoms with Crippen LogP contribution < -0.4 is 0 Å². The minimum Gasteiger partial charge on any atom is -0.0651 e. The maximum atomic E-state index is 2.75. The number of hydrogen-bond donors (Lipinski definition) is 0. The van der Waals surface area contributed by atoms with Gasteiger partial charge in [0.15, 0.2) is 0 Å². The molecule has 0 heterocycles. The van der Waals surface area contributed by atoms with Crippen molar-refractivity contribution in [2.24, 2.45) is 71.0 Å². The Morgan fingerprint density at radius 1 is 0.130 bits per heavy atom. The summed E-state index contributed by atoms with van der Waals surface area (Å²) in [6, 6.07) is 97.1. The van der Waals surface area contributed by atoms with Gasteiger partial charge in [-0.3, -0.25) is 0 Å². The van der Waals surface area contributed by atoms with E-state index in [9.17, 15) is 0 Å². The van der Waals surface area contributed by atoms with E-state index >= 15 is 0 Å². The van der Waals surface area contributed by atoms with Crippen LogP contribution in [-0.2, 0) is 32.5 Å². The first kappa shape index (κ1) is 98.8. The van der Waals surface area contributed by atoms with Crippen molar-refractivity contribution in [3.8, 4) is 122 Å². The first-order chi connectivity index (χ1) is 66.5. The zero-order valence-corrected chi connectivity index (χ0v) is 89.8. The Morgan fingerprint density at radius 2 is 0.232 bits per heavy atom. The van der Waals surface area contributed by atoms with Gasteiger partial charge in [0.25, 0.3) is 0 Å². The molecule has 0 saturated heterocycles. The van der Waals surface area contributed by atoms with Crippen LogP contribution in [0.5, 0.6) is 0 Å². The van der Waals surface area contributed by atoms with E-state index in [2.05, 4.69) is 397 Å². The van der Waals surface area contributed by atoms with Gasteiger partial charge in [-0.25, -0.2) is 0 Å². The molecular formula is C138H170. The van der Waals surface area contributed by atoms with E-state index < -0.39 is 0 Å². The molecule has 18 rings (SSSR count). The van der Waals surface area contributed by atoms with Crippen LogP contribution in [0.4, 0.5) is 0 Å². The first-order valence-corrected chi connectivity index (χ1v) is 56.2. The molecule has 0 spiro atoms. The molecule has 12 unspecified atom stereocenters. The maximum Gasteiger partial charge on any atom is 0.0220 e. The molecule has 6 aliphatic rings. The fourth-order valence-corrected chi connectivity index (χ4v) is 28.7. The molecule has 0 amide bonds. The molecule has 0 N–H and O–H groups in total. The SMILES string of the molecule is CCC(C)CC1(CC(C)CC)c2ccccc2-c2ccc(-c3ccc4c(c3)C(CC(C)CC)(CC(C)CC)c3cc(-c5ccc6c(c5)C(CC(C)CC)(CC(C)CC)c5cc(-c7ccc8c(c7)C(CC(C)CC)(CC(C)CC)c7cc(-c9ccc%10c(c9)C(CC(C)CC)(CC(C)CC)c9cc(-c%11ccc%12c(c%11)C(CC(C)CC)(CC(C)CC)c%11ccccc%11-%12)ccc9-%10)ccc7-8)ccc5-6)ccc3-4)cc21. The molecule has 12 aromatic rings. The molecule has 722 valence electrons. The van der Waals surface area contributed by atoms with Gasteiger partial charge in [0.05, 0.1) is 0 Å². The van der Waals surface area contributed by atoms with Crippen molar-refractivity contribution in [1.82, 2.24) is 0 Å². The number of hydrogen-bond acceptors (Lipinski definition) is 0. The van der Waals surface area contributed by atoms with E-state index in [0.29, 0.717) is 71.0 Å². The lowest BCUT2D eigenvalue weighted by Gasteiger charge is -2.38. The number of fused-ring (bicyclic) bond motifs is 18. The minimum atomic E-state index is -0.180. The van der Waals surface area contributed by atoms with Crippen LogP contribution in [-0.4, -0.2) is 0 Å². The van der Waals surface area contributed by atoms with Crippen LogP contribution in [0.3, 0.4) is 0 Å². The highest BCUT2D eigenvalue weighted by Gasteiger charge is 2.53. The van der Waals surface area contributed by atoms with Crippen molar-refractivity contribution in [3.05, 3.63) is 297 Å². The van der Waals surface area contributed by atoms with Crippen molar-refractivity contribution in [1.29, 1.82) is 0 Å². The minimum absolute atomic E-state index is 0.0174. The third-order valence-corrected chi connectivity index (χ3v) is 38.4. The Kier molecular flexibility index (Phi) is 28.5. The fraction of sp³-hybridized carbons (Fsp3) is 0.478. The summed E-state index contributed by atoms with van der Waals surface area (Å²) in [7, 11) is 0. The van der Waals surface area contributed by atoms with Crippen molar-refractivity contribution in [2.45, 2.75) is 353 Å². The summed E-state index contributed by atoms with van der Waals surface area (Å²) in [6.45, 7) is 59.6. The fourth-order valence-electron chi connectivity index (χ4n) is 28.7. The molecule has 0 heteroatoms. The maximum absolute atomic E-state index is 2.75. The molecule has 138 heavy (non-hydrogen) atoms. The Hall–Kier alpha value is -9.36. The highest BCUT2D eigenvalue weighted by molar-refractivity contribution is 5.94. The Labute approximate surface area is 837 Å². The van der Waals surface area contributed by atoms with Crippen molar-refractivity contribution in [2.75, 3.05) is 0 Å². The lowest BCUT2D eigenvalue weighted by atomic mass is 9.65. The summed E-state index contributed by atoms with van der Waals surface area (Å²) in [5.41, 5.74) is 48.9. The van der Waals surface area contributed by atoms with Crippen molar-refractivity contribution in [3.63, 3.8) is 0 Å². The van der Waals surface area contributed by atoms with Crippen LogP contribution in [0.1, 0.15) is 387 Å². The van der Waals surface area contributed by atoms with Crippen LogP contribution in [0, 0.1) is 71.0 Å². The average molecular weight is 1830 g/mol. The molecule has 0 bridgehead atoms. The second kappa shape index (κ2) is 39.9. The van der Waals surface area contributed by atoms with E-state index in [1.165, 1.54) is 174 Å². The molecule has 12 atom stereocenters. The molecular weight excluding hydrogens is 1660 g/mol. The van der Waals surface area contributed by atoms with Gasteiger partial charge in [0.2, 0.25) is 0 Å². The number of benzene rings is 12. The van der Waals surface area contributed by atoms with E-state index in [1.54, 1.807) is 66.8 Å². The lowest BCUT2D eigenvalue weighted by molar-refractivity contribution is 0.308. The quantitative estimate of drug-likeness (QED) is 0.0358. The summed E-state index contributed by atoms with van der Waals surface area (Å²) >= 11 is 0. The van der Waals surface area contributed by atoms with Gasteiger partial charge in [-0.1, -0.05) is 413 Å². The summed E-state index contributed by atoms with van der Waals surface area (Å²) < 4.78 is 0. The van der Waals surface area contributed by atoms with Crippen LogP contribution in [0.25, 0.3) is 122 Å². The summed E-state index contributed by atoms with van der Waals surface area (Å²) in [5.74, 6) is 6.76. The van der Waals surface area contributed by atoms with E-state index in [0.717, 1.165) is 103 Å². The van der Waals surface area contributed by atoms with Gasteiger partial charge < -0.3 is 0 Å². The average Bonchev–Trinajstić information content (AvgIpc) is 1.54. The van der Waals surface area contributed by atoms with Gasteiger partial charge in [0, 0.05) is 32.5 Å². The molecule has 0 saturated carbocycles. The van der Waals surface area contributed by atoms with Gasteiger partial charge in [0.1, 0.15) is 0 Å². The molecule has 12 aromatic carbocycles. The summed E-state index contributed by atoms with van der Waals surface area (Å²) in [6.07, 6.45) is 27.8. The second-order valence-electron chi connectivity index (χ2n) is 47.8. The smallest absolute Gasteiger partial charge is 0.0220 e. The number of rotatable bonds is 41. The Bertz CT molecular complexity index is 5930. The monoisotopic (exact) mass is 1830 g/mol. The van der Waals surface area contributed by atoms with Crippen molar-refractivity contribution >= 4 is 0 Å². The van der Waals surface area contributed by atoms with Crippen molar-refractivity contribution < 1.29 is 0 Å². The summed E-state index contributed by atoms with van der Waals surface area (Å²) in [4.78, 5) is 0. The normalized spacial score (nSPS) is 22.3. The second-order valence-corrected chi connectivity index (χ2v) is 47.8. The zero-order chi connectivity index (χ0) is 97.4. The molecule has 6 aliphatic carbocycles. The molecule has 0 radical (unpaired) electrons. The standard InChI is InChI=1S/C138H170/c1-25-87(13)75-133(76-88(14)26-2)121-43-39-37-41-109(121)111-55-45-99(65-123(111)133)101-47-57-113-115-59-49-103(69-127(115)135(125(113)67-101,79-91(17)29-5)80-92(18)30-6)105-51-61-117-119-63-53-107(73-131(119)137(129(117)71-105,83-95(21)33-9)84-96(22)34-10)108-54-64-120-118-62-52-106(72-130(118)138(132(120)74-108,85-97(23)35-11)86-98(24)36-12)104-50-60-116-114-58-48-102(68-126(114)136(128(116)70-104,81-93(19)31-7)82-94(20)32-8)100-46-56-112-110-42-38-40-44-122(110)134(124(112)66-100,77-89(15)27-3)78-90(16)28-4/h37-74,87-98H,25-36,75-86H2,1-24H3. The Balaban J connectivity index is 0.721. The van der Waals surface area contributed by atoms with E-state index in [-0.39, 0.29) is 32.5 Å². The Morgan fingerprint density at radius 3 is 0.348 bits per heavy atom. The van der Waals surface area contributed by atoms with E-state index in [1.807, 2.05) is 0 Å². The molecule has 0 nitrogen and oxygen atoms in total. The molecule has 0 aliphatic heterocycles. The van der Waals surface area contributed by atoms with Crippen LogP contribution in [0.15, 0.2) is 231 Å². The highest BCUT2D eigenvalue weighted by Crippen LogP contribution is 2.66. The third-order valence-electron chi connectivity index (χ3n) is 38.4. The van der Waals surface area contributed by atoms with Gasteiger partial charge in [-0.05, 0) is 398 Å². The van der Waals surface area contributed by atoms with Gasteiger partial charge >= 0.3 is 0 Å². The van der Waals surface area contributed by atoms with Crippen LogP contribution >= 0.6 is 0 Å². The van der Waals surface area contributed by atoms with Gasteiger partial charge in [-0.2, -0.15) is 0 Å². The highest BCUT2D eigenvalue weighted by atomic mass is 14.6. The first-order valence-electron chi connectivity index (χ1n) is 56.2. The summed E-state index contributed by atoms with van der Waals surface area (Å²) in [5, 5.41) is 0. The molecule has 0 aromatic heterocycles. The van der Waals surface area contributed by atoms with E-state index in [4.69, 9.17) is 0 Å². The zero-order valence-electron chi connectivity index (χ0n) is 89.8. The topological polar surface area (TPSA) is 0 Å². The lowest BCUT2D eigenvalue weighted by Crippen LogP contribution is -2.31. The largest absolute Gasteiger partial charge is 0.0651 e. The predicted molar refractivity (Wildman–Crippen MR) is 600 cm³/mol. The van der Waals surface area contributed by atoms with Gasteiger partial charge in [-0.15, -0.1) is 0 Å². The third kappa shape index (κ3) is 17.0. The predicted octanol–water partition coefficient (Wildman–Crippen LogP) is 40.9.